The molecular formula is C49H49FIrN2O2-2. The fourth-order valence-corrected chi connectivity index (χ4v) is 6.88. The number of fused-ring (bicyclic) bond motifs is 4. The number of aromatic nitrogens is 2. The standard InChI is InChI=1S/C21H15FN.C15H10N.C13H24O2.Ir/c1-13-10-14(2)12-15(11-13)21-19-7-6-18-16(4-3-5-20(18)22)17(19)8-9-23-21;1-2-7-13(8-3-1)15-14-9-5-4-6-12(14)10-11-16-15;1-5-10(6-2)12(14)9-13(15)11(7-3)8-4;/h3-11H,1-2H3;1-7,9-11H;9-11,14H,5-8H2,1-4H3;/q2*-1;;/b;;12-9-;. The summed E-state index contributed by atoms with van der Waals surface area (Å²) in [7, 11) is 0. The summed E-state index contributed by atoms with van der Waals surface area (Å²) in [6.07, 6.45) is 8.54. The molecule has 0 saturated heterocycles. The Morgan fingerprint density at radius 1 is 0.691 bits per heavy atom. The number of pyridine rings is 2. The van der Waals surface area contributed by atoms with Crippen molar-refractivity contribution >= 4 is 38.1 Å². The van der Waals surface area contributed by atoms with Crippen LogP contribution in [0.15, 0.2) is 127 Å². The summed E-state index contributed by atoms with van der Waals surface area (Å²) in [5.41, 5.74) is 6.18. The van der Waals surface area contributed by atoms with Crippen molar-refractivity contribution < 1.29 is 34.4 Å². The summed E-state index contributed by atoms with van der Waals surface area (Å²) < 4.78 is 14.0. The van der Waals surface area contributed by atoms with Crippen LogP contribution in [0.2, 0.25) is 0 Å². The molecule has 1 radical (unpaired) electrons. The molecule has 0 amide bonds. The molecule has 0 aliphatic rings. The Bertz CT molecular complexity index is 2340. The Morgan fingerprint density at radius 3 is 1.98 bits per heavy atom. The van der Waals surface area contributed by atoms with Gasteiger partial charge in [-0.15, -0.1) is 70.8 Å². The number of ketones is 1. The molecule has 1 N–H and O–H groups in total. The molecule has 2 heterocycles. The van der Waals surface area contributed by atoms with E-state index < -0.39 is 0 Å². The number of carbonyl (C=O) groups is 1. The van der Waals surface area contributed by atoms with Gasteiger partial charge in [-0.1, -0.05) is 90.1 Å². The average Bonchev–Trinajstić information content (AvgIpc) is 3.19. The van der Waals surface area contributed by atoms with Crippen molar-refractivity contribution in [3.8, 4) is 22.5 Å². The van der Waals surface area contributed by atoms with Crippen LogP contribution in [0.5, 0.6) is 0 Å². The van der Waals surface area contributed by atoms with Crippen molar-refractivity contribution in [3.05, 3.63) is 156 Å². The van der Waals surface area contributed by atoms with E-state index in [-0.39, 0.29) is 49.3 Å². The fourth-order valence-electron chi connectivity index (χ4n) is 6.88. The second-order valence-corrected chi connectivity index (χ2v) is 13.6. The maximum Gasteiger partial charge on any atom is 0.162 e. The van der Waals surface area contributed by atoms with Crippen LogP contribution < -0.4 is 0 Å². The third-order valence-corrected chi connectivity index (χ3v) is 9.87. The van der Waals surface area contributed by atoms with Gasteiger partial charge in [0.25, 0.3) is 0 Å². The molecule has 285 valence electrons. The van der Waals surface area contributed by atoms with Gasteiger partial charge in [-0.2, -0.15) is 0 Å². The number of hydrogen-bond donors (Lipinski definition) is 1. The van der Waals surface area contributed by atoms with Crippen molar-refractivity contribution in [2.75, 3.05) is 0 Å². The smallest absolute Gasteiger partial charge is 0.162 e. The van der Waals surface area contributed by atoms with E-state index in [1.165, 1.54) is 28.5 Å². The molecule has 0 aliphatic heterocycles. The zero-order chi connectivity index (χ0) is 38.6. The molecule has 7 aromatic rings. The third kappa shape index (κ3) is 10.6. The zero-order valence-corrected chi connectivity index (χ0v) is 34.9. The Morgan fingerprint density at radius 2 is 1.31 bits per heavy atom. The summed E-state index contributed by atoms with van der Waals surface area (Å²) in [5, 5.41) is 15.7. The summed E-state index contributed by atoms with van der Waals surface area (Å²) in [4.78, 5) is 20.7. The van der Waals surface area contributed by atoms with Crippen molar-refractivity contribution in [2.24, 2.45) is 11.8 Å². The minimum atomic E-state index is -0.194. The summed E-state index contributed by atoms with van der Waals surface area (Å²) in [6.45, 7) is 12.2. The second-order valence-electron chi connectivity index (χ2n) is 13.6. The van der Waals surface area contributed by atoms with E-state index in [1.807, 2.05) is 108 Å². The number of allylic oxidation sites excluding steroid dienone is 2. The molecule has 0 fully saturated rings. The molecule has 0 atom stereocenters. The van der Waals surface area contributed by atoms with Gasteiger partial charge in [0.15, 0.2) is 5.78 Å². The van der Waals surface area contributed by atoms with Gasteiger partial charge in [-0.3, -0.25) is 4.79 Å². The number of hydrogen-bond acceptors (Lipinski definition) is 4. The van der Waals surface area contributed by atoms with Crippen LogP contribution in [0.1, 0.15) is 64.5 Å². The van der Waals surface area contributed by atoms with Gasteiger partial charge in [0.2, 0.25) is 0 Å². The number of carbonyl (C=O) groups excluding carboxylic acids is 1. The van der Waals surface area contributed by atoms with Crippen molar-refractivity contribution in [2.45, 2.75) is 67.2 Å². The number of aliphatic hydroxyl groups excluding tert-OH is 1. The van der Waals surface area contributed by atoms with E-state index in [2.05, 4.69) is 53.3 Å². The van der Waals surface area contributed by atoms with Gasteiger partial charge in [-0.05, 0) is 82.2 Å². The molecule has 2 aromatic heterocycles. The van der Waals surface area contributed by atoms with E-state index >= 15 is 0 Å². The van der Waals surface area contributed by atoms with Crippen LogP contribution in [0, 0.1) is 43.6 Å². The monoisotopic (exact) mass is 909 g/mol. The van der Waals surface area contributed by atoms with E-state index in [4.69, 9.17) is 0 Å². The summed E-state index contributed by atoms with van der Waals surface area (Å²) >= 11 is 0. The van der Waals surface area contributed by atoms with E-state index in [0.717, 1.165) is 69.9 Å². The minimum absolute atomic E-state index is 0. The maximum absolute atomic E-state index is 14.0. The van der Waals surface area contributed by atoms with Gasteiger partial charge in [0.1, 0.15) is 5.82 Å². The number of nitrogens with zero attached hydrogens (tertiary/aromatic N) is 2. The van der Waals surface area contributed by atoms with E-state index in [0.29, 0.717) is 5.39 Å². The Hall–Kier alpha value is -5.03. The van der Waals surface area contributed by atoms with Crippen LogP contribution in [0.3, 0.4) is 0 Å². The molecule has 0 bridgehead atoms. The molecule has 55 heavy (non-hydrogen) atoms. The first-order valence-electron chi connectivity index (χ1n) is 18.9. The molecule has 6 heteroatoms. The molecule has 7 rings (SSSR count). The molecule has 0 spiro atoms. The Kier molecular flexibility index (Phi) is 16.0. The first kappa shape index (κ1) is 42.7. The Labute approximate surface area is 338 Å². The largest absolute Gasteiger partial charge is 0.512 e. The van der Waals surface area contributed by atoms with E-state index in [9.17, 15) is 14.3 Å². The number of aryl methyl sites for hydroxylation is 2. The predicted octanol–water partition coefficient (Wildman–Crippen LogP) is 13.2. The summed E-state index contributed by atoms with van der Waals surface area (Å²) in [6, 6.07) is 39.9. The molecular weight excluding hydrogens is 860 g/mol. The van der Waals surface area contributed by atoms with Crippen LogP contribution in [-0.4, -0.2) is 20.9 Å². The van der Waals surface area contributed by atoms with Crippen LogP contribution in [0.25, 0.3) is 54.8 Å². The molecule has 4 nitrogen and oxygen atoms in total. The first-order valence-corrected chi connectivity index (χ1v) is 18.9. The number of aliphatic hydroxyl groups is 1. The van der Waals surface area contributed by atoms with Crippen molar-refractivity contribution in [1.82, 2.24) is 9.97 Å². The predicted molar refractivity (Wildman–Crippen MR) is 223 cm³/mol. The topological polar surface area (TPSA) is 63.1 Å². The molecule has 0 unspecified atom stereocenters. The average molecular weight is 909 g/mol. The zero-order valence-electron chi connectivity index (χ0n) is 32.5. The number of halogens is 1. The second kappa shape index (κ2) is 20.6. The summed E-state index contributed by atoms with van der Waals surface area (Å²) in [5.74, 6) is 0.354. The number of rotatable bonds is 9. The molecule has 0 saturated carbocycles. The molecule has 5 aromatic carbocycles. The van der Waals surface area contributed by atoms with E-state index in [1.54, 1.807) is 12.3 Å². The van der Waals surface area contributed by atoms with Crippen LogP contribution in [-0.2, 0) is 24.9 Å². The van der Waals surface area contributed by atoms with Gasteiger partial charge < -0.3 is 15.1 Å². The maximum atomic E-state index is 14.0. The van der Waals surface area contributed by atoms with Gasteiger partial charge in [0, 0.05) is 55.8 Å². The molecule has 0 aliphatic carbocycles. The van der Waals surface area contributed by atoms with Gasteiger partial charge in [-0.25, -0.2) is 4.39 Å². The van der Waals surface area contributed by atoms with Crippen LogP contribution in [0.4, 0.5) is 4.39 Å². The number of benzene rings is 5. The first-order chi connectivity index (χ1) is 26.2. The van der Waals surface area contributed by atoms with Gasteiger partial charge >= 0.3 is 0 Å². The fraction of sp³-hybridized carbons (Fsp3) is 0.245. The normalized spacial score (nSPS) is 11.2. The third-order valence-electron chi connectivity index (χ3n) is 9.87. The van der Waals surface area contributed by atoms with Crippen LogP contribution >= 0.6 is 0 Å². The van der Waals surface area contributed by atoms with Crippen molar-refractivity contribution in [1.29, 1.82) is 0 Å². The minimum Gasteiger partial charge on any atom is -0.512 e. The van der Waals surface area contributed by atoms with Crippen molar-refractivity contribution in [3.63, 3.8) is 0 Å². The quantitative estimate of drug-likeness (QED) is 0.0678. The SMILES string of the molecule is CCC(CC)C(=O)/C=C(\O)C(CC)CC.Cc1[c-]c(-c2nccc3c2ccc2c(F)cccc23)cc(C)c1.[Ir].[c-]1ccccc1-c1nccc2ccccc12. The van der Waals surface area contributed by atoms with Gasteiger partial charge in [0.05, 0.1) is 5.76 Å². The Balaban J connectivity index is 0.000000188.